The Hall–Kier alpha value is -2.06. The average Bonchev–Trinajstić information content (AvgIpc) is 2.50. The maximum Gasteiger partial charge on any atom is 0.0520 e. The first-order chi connectivity index (χ1) is 10.5. The molecule has 1 atom stereocenters. The Labute approximate surface area is 136 Å². The summed E-state index contributed by atoms with van der Waals surface area (Å²) in [6.07, 6.45) is 3.79. The van der Waals surface area contributed by atoms with Crippen molar-refractivity contribution in [2.45, 2.75) is 25.7 Å². The Kier molecular flexibility index (Phi) is 5.04. The van der Waals surface area contributed by atoms with E-state index in [0.717, 1.165) is 16.8 Å². The summed E-state index contributed by atoms with van der Waals surface area (Å²) in [6.45, 7) is 14.2. The van der Waals surface area contributed by atoms with E-state index >= 15 is 0 Å². The van der Waals surface area contributed by atoms with Gasteiger partial charge in [-0.3, -0.25) is 0 Å². The molecule has 2 aromatic carbocycles. The van der Waals surface area contributed by atoms with Crippen molar-refractivity contribution in [3.8, 4) is 0 Å². The second kappa shape index (κ2) is 6.80. The molecule has 1 nitrogen and oxygen atoms in total. The summed E-state index contributed by atoms with van der Waals surface area (Å²) in [4.78, 5) is 1.20. The fourth-order valence-electron chi connectivity index (χ4n) is 2.49. The highest BCUT2D eigenvalue weighted by Gasteiger charge is 2.10. The molecule has 1 N–H and O–H groups in total. The molecule has 22 heavy (non-hydrogen) atoms. The predicted molar refractivity (Wildman–Crippen MR) is 104 cm³/mol. The van der Waals surface area contributed by atoms with Gasteiger partial charge in [0, 0.05) is 10.5 Å². The van der Waals surface area contributed by atoms with Crippen LogP contribution in [-0.2, 0) is 0 Å². The van der Waals surface area contributed by atoms with Gasteiger partial charge in [-0.1, -0.05) is 54.0 Å². The van der Waals surface area contributed by atoms with Gasteiger partial charge in [-0.2, -0.15) is 0 Å². The average molecular weight is 309 g/mol. The van der Waals surface area contributed by atoms with E-state index in [4.69, 9.17) is 0 Å². The van der Waals surface area contributed by atoms with E-state index in [-0.39, 0.29) is 10.7 Å². The third kappa shape index (κ3) is 3.23. The zero-order chi connectivity index (χ0) is 16.3. The molecule has 114 valence electrons. The number of rotatable bonds is 5. The van der Waals surface area contributed by atoms with E-state index in [1.54, 1.807) is 0 Å². The van der Waals surface area contributed by atoms with Gasteiger partial charge in [0.2, 0.25) is 0 Å². The predicted octanol–water partition coefficient (Wildman–Crippen LogP) is 5.98. The summed E-state index contributed by atoms with van der Waals surface area (Å²) in [7, 11) is -0.314. The Morgan fingerprint density at radius 1 is 1.00 bits per heavy atom. The van der Waals surface area contributed by atoms with E-state index in [2.05, 4.69) is 74.9 Å². The first kappa shape index (κ1) is 16.3. The topological polar surface area (TPSA) is 12.0 Å². The van der Waals surface area contributed by atoms with Gasteiger partial charge in [0.15, 0.2) is 0 Å². The van der Waals surface area contributed by atoms with Crippen LogP contribution in [0.4, 0.5) is 5.69 Å². The minimum absolute atomic E-state index is 0.314. The molecule has 0 saturated heterocycles. The summed E-state index contributed by atoms with van der Waals surface area (Å²) >= 11 is 0. The van der Waals surface area contributed by atoms with Crippen LogP contribution in [0, 0.1) is 20.8 Å². The third-order valence-electron chi connectivity index (χ3n) is 3.85. The maximum absolute atomic E-state index is 4.28. The lowest BCUT2D eigenvalue weighted by Crippen LogP contribution is -1.99. The lowest BCUT2D eigenvalue weighted by atomic mass is 9.96. The van der Waals surface area contributed by atoms with Gasteiger partial charge in [0.05, 0.1) is 5.69 Å². The molecular formula is C20H23NS. The van der Waals surface area contributed by atoms with Crippen LogP contribution in [0.15, 0.2) is 48.4 Å². The van der Waals surface area contributed by atoms with Gasteiger partial charge in [0.25, 0.3) is 0 Å². The van der Waals surface area contributed by atoms with E-state index < -0.39 is 0 Å². The van der Waals surface area contributed by atoms with Crippen molar-refractivity contribution in [3.63, 3.8) is 0 Å². The van der Waals surface area contributed by atoms with E-state index in [9.17, 15) is 0 Å². The van der Waals surface area contributed by atoms with Crippen LogP contribution in [0.3, 0.4) is 0 Å². The van der Waals surface area contributed by atoms with Gasteiger partial charge in [-0.05, 0) is 61.2 Å². The zero-order valence-corrected chi connectivity index (χ0v) is 14.4. The molecule has 0 aliphatic rings. The van der Waals surface area contributed by atoms with Crippen LogP contribution in [0.2, 0.25) is 0 Å². The molecule has 0 bridgehead atoms. The zero-order valence-electron chi connectivity index (χ0n) is 13.6. The van der Waals surface area contributed by atoms with Crippen LogP contribution >= 0.6 is 10.7 Å². The Bertz CT molecular complexity index is 757. The second-order valence-corrected chi connectivity index (χ2v) is 6.87. The summed E-state index contributed by atoms with van der Waals surface area (Å²) in [5.41, 5.74) is 7.02. The molecule has 0 heterocycles. The number of aryl methyl sites for hydroxylation is 2. The SMILES string of the molecule is C=Cc1c(NS(=C)c2cccc(C)c2)cc(C)c(C)c1C=C. The van der Waals surface area contributed by atoms with Crippen molar-refractivity contribution in [1.29, 1.82) is 0 Å². The summed E-state index contributed by atoms with van der Waals surface area (Å²) in [6, 6.07) is 10.6. The number of hydrogen-bond donors (Lipinski definition) is 1. The maximum atomic E-state index is 4.28. The first-order valence-electron chi connectivity index (χ1n) is 7.24. The third-order valence-corrected chi connectivity index (χ3v) is 5.14. The largest absolute Gasteiger partial charge is 0.331 e. The van der Waals surface area contributed by atoms with Crippen LogP contribution < -0.4 is 4.72 Å². The highest BCUT2D eigenvalue weighted by molar-refractivity contribution is 8.15. The first-order valence-corrected chi connectivity index (χ1v) is 8.63. The summed E-state index contributed by atoms with van der Waals surface area (Å²) < 4.78 is 3.55. The molecule has 0 aromatic heterocycles. The highest BCUT2D eigenvalue weighted by Crippen LogP contribution is 2.34. The van der Waals surface area contributed by atoms with Gasteiger partial charge < -0.3 is 4.72 Å². The van der Waals surface area contributed by atoms with Crippen molar-refractivity contribution in [1.82, 2.24) is 0 Å². The molecular weight excluding hydrogens is 286 g/mol. The Balaban J connectivity index is 2.45. The molecule has 2 heteroatoms. The Morgan fingerprint density at radius 3 is 2.27 bits per heavy atom. The van der Waals surface area contributed by atoms with Crippen molar-refractivity contribution in [3.05, 3.63) is 71.3 Å². The molecule has 2 rings (SSSR count). The van der Waals surface area contributed by atoms with Gasteiger partial charge in [-0.15, -0.1) is 0 Å². The smallest absolute Gasteiger partial charge is 0.0520 e. The lowest BCUT2D eigenvalue weighted by Gasteiger charge is -2.18. The molecule has 0 saturated carbocycles. The van der Waals surface area contributed by atoms with Crippen molar-refractivity contribution in [2.24, 2.45) is 0 Å². The van der Waals surface area contributed by atoms with Crippen LogP contribution in [0.25, 0.3) is 12.2 Å². The van der Waals surface area contributed by atoms with Crippen LogP contribution in [-0.4, -0.2) is 5.87 Å². The molecule has 0 radical (unpaired) electrons. The minimum atomic E-state index is -0.314. The molecule has 0 spiro atoms. The van der Waals surface area contributed by atoms with Gasteiger partial charge in [-0.25, -0.2) is 0 Å². The fraction of sp³-hybridized carbons (Fsp3) is 0.150. The van der Waals surface area contributed by atoms with Gasteiger partial charge in [0.1, 0.15) is 0 Å². The van der Waals surface area contributed by atoms with Crippen molar-refractivity contribution in [2.75, 3.05) is 4.72 Å². The van der Waals surface area contributed by atoms with E-state index in [1.807, 2.05) is 12.2 Å². The van der Waals surface area contributed by atoms with E-state index in [1.165, 1.54) is 21.6 Å². The second-order valence-electron chi connectivity index (χ2n) is 5.41. The standard InChI is InChI=1S/C20H23NS/c1-7-18-16(5)15(4)13-20(19(18)8-2)21-22(6)17-11-9-10-14(3)12-17/h7-13,21H,1-2,6H2,3-5H3. The molecule has 1 unspecified atom stereocenters. The molecule has 0 amide bonds. The number of nitrogens with one attached hydrogen (secondary N) is 1. The monoisotopic (exact) mass is 309 g/mol. The fourth-order valence-corrected chi connectivity index (χ4v) is 3.61. The summed E-state index contributed by atoms with van der Waals surface area (Å²) in [5.74, 6) is 4.28. The molecule has 0 fully saturated rings. The van der Waals surface area contributed by atoms with Crippen LogP contribution in [0.1, 0.15) is 27.8 Å². The lowest BCUT2D eigenvalue weighted by molar-refractivity contribution is 1.32. The van der Waals surface area contributed by atoms with Crippen molar-refractivity contribution >= 4 is 34.4 Å². The van der Waals surface area contributed by atoms with Crippen molar-refractivity contribution < 1.29 is 0 Å². The van der Waals surface area contributed by atoms with E-state index in [0.29, 0.717) is 0 Å². The van der Waals surface area contributed by atoms with Crippen LogP contribution in [0.5, 0.6) is 0 Å². The molecule has 0 aliphatic heterocycles. The minimum Gasteiger partial charge on any atom is -0.331 e. The molecule has 2 aromatic rings. The highest BCUT2D eigenvalue weighted by atomic mass is 32.2. The molecule has 0 aliphatic carbocycles. The quantitative estimate of drug-likeness (QED) is 0.669. The normalized spacial score (nSPS) is 11.8. The number of anilines is 1. The Morgan fingerprint density at radius 2 is 1.68 bits per heavy atom. The number of hydrogen-bond acceptors (Lipinski definition) is 1. The van der Waals surface area contributed by atoms with Gasteiger partial charge >= 0.3 is 0 Å². The summed E-state index contributed by atoms with van der Waals surface area (Å²) in [5, 5.41) is 0. The number of benzene rings is 2.